The van der Waals surface area contributed by atoms with Gasteiger partial charge in [0.15, 0.2) is 0 Å². The maximum atomic E-state index is 11.9. The molecule has 1 fully saturated rings. The zero-order valence-electron chi connectivity index (χ0n) is 10.7. The number of aromatic amines is 1. The number of hydrogen-bond donors (Lipinski definition) is 2. The van der Waals surface area contributed by atoms with Crippen molar-refractivity contribution in [2.24, 2.45) is 5.92 Å². The summed E-state index contributed by atoms with van der Waals surface area (Å²) in [6.07, 6.45) is 2.50. The van der Waals surface area contributed by atoms with Gasteiger partial charge in [-0.05, 0) is 18.8 Å². The Bertz CT molecular complexity index is 571. The number of carbonyl (C=O) groups is 1. The summed E-state index contributed by atoms with van der Waals surface area (Å²) < 4.78 is 1.16. The largest absolute Gasteiger partial charge is 0.393 e. The monoisotopic (exact) mass is 267 g/mol. The standard InChI is InChI=1S/C12H17N3O4/c1-14(6-8-4-9(16)5-8)11(18)7-15-3-2-10(17)13-12(15)19/h2-3,8-9,16H,4-7H2,1H3,(H,13,17,19). The molecular weight excluding hydrogens is 250 g/mol. The zero-order valence-corrected chi connectivity index (χ0v) is 10.7. The van der Waals surface area contributed by atoms with Crippen LogP contribution in [-0.2, 0) is 11.3 Å². The Morgan fingerprint density at radius 1 is 1.53 bits per heavy atom. The first-order chi connectivity index (χ1) is 8.95. The highest BCUT2D eigenvalue weighted by molar-refractivity contribution is 5.75. The van der Waals surface area contributed by atoms with Gasteiger partial charge in [-0.25, -0.2) is 4.79 Å². The first kappa shape index (κ1) is 13.5. The van der Waals surface area contributed by atoms with Crippen molar-refractivity contribution >= 4 is 5.91 Å². The van der Waals surface area contributed by atoms with Gasteiger partial charge in [-0.2, -0.15) is 0 Å². The maximum absolute atomic E-state index is 11.9. The maximum Gasteiger partial charge on any atom is 0.328 e. The molecule has 19 heavy (non-hydrogen) atoms. The second-order valence-corrected chi connectivity index (χ2v) is 5.00. The van der Waals surface area contributed by atoms with Gasteiger partial charge in [0.25, 0.3) is 5.56 Å². The lowest BCUT2D eigenvalue weighted by molar-refractivity contribution is -0.132. The quantitative estimate of drug-likeness (QED) is 0.713. The number of amides is 1. The molecule has 0 aliphatic heterocycles. The molecule has 0 unspecified atom stereocenters. The lowest BCUT2D eigenvalue weighted by atomic mass is 9.82. The van der Waals surface area contributed by atoms with Crippen LogP contribution in [0.15, 0.2) is 21.9 Å². The molecule has 0 aromatic carbocycles. The highest BCUT2D eigenvalue weighted by Gasteiger charge is 2.29. The average molecular weight is 267 g/mol. The number of aliphatic hydroxyl groups is 1. The molecule has 7 nitrogen and oxygen atoms in total. The second-order valence-electron chi connectivity index (χ2n) is 5.00. The van der Waals surface area contributed by atoms with Crippen LogP contribution in [0.4, 0.5) is 0 Å². The molecule has 1 amide bonds. The van der Waals surface area contributed by atoms with Crippen LogP contribution in [0, 0.1) is 5.92 Å². The molecular formula is C12H17N3O4. The molecule has 2 N–H and O–H groups in total. The summed E-state index contributed by atoms with van der Waals surface area (Å²) in [5.74, 6) is 0.131. The van der Waals surface area contributed by atoms with Gasteiger partial charge >= 0.3 is 5.69 Å². The van der Waals surface area contributed by atoms with Crippen LogP contribution in [0.3, 0.4) is 0 Å². The van der Waals surface area contributed by atoms with Crippen molar-refractivity contribution < 1.29 is 9.90 Å². The van der Waals surface area contributed by atoms with Gasteiger partial charge in [-0.15, -0.1) is 0 Å². The van der Waals surface area contributed by atoms with Gasteiger partial charge in [0.05, 0.1) is 6.10 Å². The molecule has 0 radical (unpaired) electrons. The van der Waals surface area contributed by atoms with E-state index in [1.54, 1.807) is 11.9 Å². The normalized spacial score (nSPS) is 21.8. The summed E-state index contributed by atoms with van der Waals surface area (Å²) >= 11 is 0. The van der Waals surface area contributed by atoms with Crippen molar-refractivity contribution in [2.75, 3.05) is 13.6 Å². The van der Waals surface area contributed by atoms with Crippen LogP contribution in [0.5, 0.6) is 0 Å². The molecule has 0 atom stereocenters. The number of hydrogen-bond acceptors (Lipinski definition) is 4. The highest BCUT2D eigenvalue weighted by atomic mass is 16.3. The number of aliphatic hydroxyl groups excluding tert-OH is 1. The van der Waals surface area contributed by atoms with Gasteiger partial charge in [0, 0.05) is 25.9 Å². The van der Waals surface area contributed by atoms with Crippen molar-refractivity contribution in [3.05, 3.63) is 33.1 Å². The van der Waals surface area contributed by atoms with E-state index in [0.717, 1.165) is 17.4 Å². The summed E-state index contributed by atoms with van der Waals surface area (Å²) in [5.41, 5.74) is -1.07. The minimum Gasteiger partial charge on any atom is -0.393 e. The van der Waals surface area contributed by atoms with Crippen molar-refractivity contribution in [3.8, 4) is 0 Å². The van der Waals surface area contributed by atoms with Crippen LogP contribution in [0.2, 0.25) is 0 Å². The van der Waals surface area contributed by atoms with E-state index in [2.05, 4.69) is 4.98 Å². The lowest BCUT2D eigenvalue weighted by Crippen LogP contribution is -2.42. The predicted octanol–water partition coefficient (Wildman–Crippen LogP) is -1.23. The fourth-order valence-electron chi connectivity index (χ4n) is 2.17. The third kappa shape index (κ3) is 3.31. The van der Waals surface area contributed by atoms with Crippen LogP contribution in [-0.4, -0.2) is 45.2 Å². The van der Waals surface area contributed by atoms with Gasteiger partial charge in [0.2, 0.25) is 5.91 Å². The third-order valence-electron chi connectivity index (χ3n) is 3.37. The number of H-pyrrole nitrogens is 1. The molecule has 1 aromatic rings. The number of carbonyl (C=O) groups excluding carboxylic acids is 1. The molecule has 1 saturated carbocycles. The van der Waals surface area contributed by atoms with Crippen molar-refractivity contribution in [1.82, 2.24) is 14.5 Å². The molecule has 104 valence electrons. The van der Waals surface area contributed by atoms with Gasteiger partial charge in [-0.1, -0.05) is 0 Å². The Balaban J connectivity index is 1.92. The van der Waals surface area contributed by atoms with E-state index in [9.17, 15) is 19.5 Å². The minimum atomic E-state index is -0.590. The van der Waals surface area contributed by atoms with Gasteiger partial charge < -0.3 is 10.0 Å². The Hall–Kier alpha value is -1.89. The Morgan fingerprint density at radius 2 is 2.21 bits per heavy atom. The number of aromatic nitrogens is 2. The van der Waals surface area contributed by atoms with Crippen molar-refractivity contribution in [3.63, 3.8) is 0 Å². The van der Waals surface area contributed by atoms with E-state index in [4.69, 9.17) is 0 Å². The van der Waals surface area contributed by atoms with Gasteiger partial charge in [-0.3, -0.25) is 19.1 Å². The van der Waals surface area contributed by atoms with E-state index < -0.39 is 11.2 Å². The molecule has 1 aromatic heterocycles. The minimum absolute atomic E-state index is 0.0958. The number of rotatable bonds is 4. The van der Waals surface area contributed by atoms with E-state index >= 15 is 0 Å². The second kappa shape index (κ2) is 5.40. The fourth-order valence-corrected chi connectivity index (χ4v) is 2.17. The van der Waals surface area contributed by atoms with Crippen LogP contribution >= 0.6 is 0 Å². The first-order valence-corrected chi connectivity index (χ1v) is 6.17. The molecule has 0 bridgehead atoms. The molecule has 1 aliphatic carbocycles. The molecule has 1 aliphatic rings. The predicted molar refractivity (Wildman–Crippen MR) is 67.7 cm³/mol. The molecule has 7 heteroatoms. The van der Waals surface area contributed by atoms with Crippen LogP contribution in [0.1, 0.15) is 12.8 Å². The molecule has 0 spiro atoms. The fraction of sp³-hybridized carbons (Fsp3) is 0.583. The van der Waals surface area contributed by atoms with Crippen molar-refractivity contribution in [2.45, 2.75) is 25.5 Å². The van der Waals surface area contributed by atoms with Crippen molar-refractivity contribution in [1.29, 1.82) is 0 Å². The smallest absolute Gasteiger partial charge is 0.328 e. The molecule has 2 rings (SSSR count). The van der Waals surface area contributed by atoms with E-state index in [-0.39, 0.29) is 18.6 Å². The number of nitrogens with one attached hydrogen (secondary N) is 1. The Kier molecular flexibility index (Phi) is 3.84. The summed E-state index contributed by atoms with van der Waals surface area (Å²) in [7, 11) is 1.67. The van der Waals surface area contributed by atoms with Crippen LogP contribution in [0.25, 0.3) is 0 Å². The lowest BCUT2D eigenvalue weighted by Gasteiger charge is -2.34. The molecule has 0 saturated heterocycles. The summed E-state index contributed by atoms with van der Waals surface area (Å²) in [5, 5.41) is 9.18. The van der Waals surface area contributed by atoms with Crippen LogP contribution < -0.4 is 11.2 Å². The van der Waals surface area contributed by atoms with E-state index in [1.165, 1.54) is 12.3 Å². The van der Waals surface area contributed by atoms with Gasteiger partial charge in [0.1, 0.15) is 6.54 Å². The number of nitrogens with zero attached hydrogens (tertiary/aromatic N) is 2. The molecule has 1 heterocycles. The highest BCUT2D eigenvalue weighted by Crippen LogP contribution is 2.27. The summed E-state index contributed by atoms with van der Waals surface area (Å²) in [6.45, 7) is 0.482. The van der Waals surface area contributed by atoms with E-state index in [1.807, 2.05) is 0 Å². The Labute approximate surface area is 109 Å². The number of likely N-dealkylation sites (N-methyl/N-ethyl adjacent to an activating group) is 1. The summed E-state index contributed by atoms with van der Waals surface area (Å²) in [6, 6.07) is 1.21. The SMILES string of the molecule is CN(CC1CC(O)C1)C(=O)Cn1ccc(=O)[nH]c1=O. The topological polar surface area (TPSA) is 95.4 Å². The summed E-state index contributed by atoms with van der Waals surface area (Å²) in [4.78, 5) is 37.9. The first-order valence-electron chi connectivity index (χ1n) is 6.17. The Morgan fingerprint density at radius 3 is 2.79 bits per heavy atom. The average Bonchev–Trinajstić information content (AvgIpc) is 2.30. The third-order valence-corrected chi connectivity index (χ3v) is 3.37. The zero-order chi connectivity index (χ0) is 14.0. The van der Waals surface area contributed by atoms with E-state index in [0.29, 0.717) is 12.5 Å².